The molecule has 2 unspecified atom stereocenters. The minimum atomic E-state index is -0.913. The number of aliphatic hydroxyl groups excluding tert-OH is 1. The molecular weight excluding hydrogens is 417 g/mol. The Bertz CT molecular complexity index is 1060. The molecule has 32 heavy (non-hydrogen) atoms. The maximum absolute atomic E-state index is 13.4. The molecule has 0 aromatic heterocycles. The van der Waals surface area contributed by atoms with Gasteiger partial charge in [0.05, 0.1) is 24.3 Å². The van der Waals surface area contributed by atoms with Gasteiger partial charge in [-0.2, -0.15) is 0 Å². The van der Waals surface area contributed by atoms with Gasteiger partial charge in [0.2, 0.25) is 0 Å². The number of rotatable bonds is 6. The van der Waals surface area contributed by atoms with Crippen molar-refractivity contribution >= 4 is 17.4 Å². The molecule has 2 N–H and O–H groups in total. The normalized spacial score (nSPS) is 22.5. The fraction of sp³-hybridized carbons (Fsp3) is 0.333. The van der Waals surface area contributed by atoms with Gasteiger partial charge in [-0.15, -0.1) is 0 Å². The van der Waals surface area contributed by atoms with E-state index in [1.54, 1.807) is 19.1 Å². The summed E-state index contributed by atoms with van der Waals surface area (Å²) < 4.78 is 24.5. The highest BCUT2D eigenvalue weighted by Crippen LogP contribution is 2.42. The molecule has 2 saturated heterocycles. The molecule has 0 spiro atoms. The van der Waals surface area contributed by atoms with Crippen LogP contribution in [0.4, 0.5) is 4.39 Å². The maximum Gasteiger partial charge on any atom is 0.295 e. The number of phenols is 1. The highest BCUT2D eigenvalue weighted by Gasteiger charge is 2.47. The van der Waals surface area contributed by atoms with Crippen molar-refractivity contribution in [2.45, 2.75) is 31.9 Å². The quantitative estimate of drug-likeness (QED) is 0.405. The summed E-state index contributed by atoms with van der Waals surface area (Å²) >= 11 is 0. The minimum Gasteiger partial charge on any atom is -0.507 e. The molecule has 7 nitrogen and oxygen atoms in total. The molecule has 4 rings (SSSR count). The summed E-state index contributed by atoms with van der Waals surface area (Å²) in [5, 5.41) is 21.1. The number of ether oxygens (including phenoxy) is 2. The molecule has 2 heterocycles. The van der Waals surface area contributed by atoms with E-state index in [4.69, 9.17) is 9.47 Å². The van der Waals surface area contributed by atoms with E-state index in [0.29, 0.717) is 18.8 Å². The zero-order chi connectivity index (χ0) is 22.8. The Morgan fingerprint density at radius 2 is 1.97 bits per heavy atom. The molecule has 0 bridgehead atoms. The van der Waals surface area contributed by atoms with Crippen molar-refractivity contribution in [1.82, 2.24) is 4.90 Å². The Kier molecular flexibility index (Phi) is 6.14. The number of benzene rings is 2. The summed E-state index contributed by atoms with van der Waals surface area (Å²) in [5.74, 6) is -2.34. The predicted octanol–water partition coefficient (Wildman–Crippen LogP) is 3.53. The van der Waals surface area contributed by atoms with Crippen LogP contribution in [-0.2, 0) is 14.3 Å². The lowest BCUT2D eigenvalue weighted by atomic mass is 9.95. The first-order valence-electron chi connectivity index (χ1n) is 10.5. The first-order chi connectivity index (χ1) is 15.4. The van der Waals surface area contributed by atoms with Crippen LogP contribution in [0, 0.1) is 5.82 Å². The van der Waals surface area contributed by atoms with Crippen LogP contribution in [0.25, 0.3) is 5.76 Å². The third-order valence-electron chi connectivity index (χ3n) is 5.68. The Labute approximate surface area is 184 Å². The van der Waals surface area contributed by atoms with E-state index in [0.717, 1.165) is 12.8 Å². The van der Waals surface area contributed by atoms with E-state index < -0.39 is 29.3 Å². The fourth-order valence-corrected chi connectivity index (χ4v) is 4.16. The van der Waals surface area contributed by atoms with Crippen molar-refractivity contribution in [1.29, 1.82) is 0 Å². The second-order valence-electron chi connectivity index (χ2n) is 7.75. The van der Waals surface area contributed by atoms with Gasteiger partial charge in [0.1, 0.15) is 11.6 Å². The summed E-state index contributed by atoms with van der Waals surface area (Å²) in [6.45, 7) is 2.84. The van der Waals surface area contributed by atoms with E-state index in [9.17, 15) is 24.2 Å². The van der Waals surface area contributed by atoms with Gasteiger partial charge in [-0.1, -0.05) is 6.07 Å². The summed E-state index contributed by atoms with van der Waals surface area (Å²) in [6, 6.07) is 8.66. The first-order valence-corrected chi connectivity index (χ1v) is 10.5. The minimum absolute atomic E-state index is 0.0785. The Hall–Kier alpha value is -3.39. The van der Waals surface area contributed by atoms with Gasteiger partial charge in [0, 0.05) is 18.7 Å². The molecule has 0 aliphatic carbocycles. The number of ketones is 1. The van der Waals surface area contributed by atoms with E-state index in [1.165, 1.54) is 35.2 Å². The number of amides is 1. The highest BCUT2D eigenvalue weighted by atomic mass is 19.1. The molecule has 2 aromatic rings. The van der Waals surface area contributed by atoms with E-state index in [-0.39, 0.29) is 35.3 Å². The summed E-state index contributed by atoms with van der Waals surface area (Å²) in [4.78, 5) is 27.4. The smallest absolute Gasteiger partial charge is 0.295 e. The standard InChI is InChI=1S/C24H24FNO6/c1-2-31-19-12-15(7-10-18(19)27)21-20(22(28)14-5-8-16(25)9-6-14)23(29)24(30)26(21)13-17-4-3-11-32-17/h5-10,12,17,21,27-28H,2-4,11,13H2,1H3/b22-20+. The largest absolute Gasteiger partial charge is 0.507 e. The SMILES string of the molecule is CCOc1cc(C2/C(=C(\O)c3ccc(F)cc3)C(=O)C(=O)N2CC2CCCO2)ccc1O. The molecule has 2 atom stereocenters. The summed E-state index contributed by atoms with van der Waals surface area (Å²) in [5.41, 5.74) is 0.607. The van der Waals surface area contributed by atoms with Crippen LogP contribution in [0.1, 0.15) is 36.9 Å². The van der Waals surface area contributed by atoms with Gasteiger partial charge in [0.15, 0.2) is 11.5 Å². The van der Waals surface area contributed by atoms with Gasteiger partial charge in [0.25, 0.3) is 11.7 Å². The van der Waals surface area contributed by atoms with Crippen molar-refractivity contribution in [3.8, 4) is 11.5 Å². The Morgan fingerprint density at radius 1 is 1.22 bits per heavy atom. The van der Waals surface area contributed by atoms with Crippen molar-refractivity contribution in [3.63, 3.8) is 0 Å². The number of hydrogen-bond donors (Lipinski definition) is 2. The predicted molar refractivity (Wildman–Crippen MR) is 114 cm³/mol. The molecule has 2 aliphatic rings. The van der Waals surface area contributed by atoms with E-state index >= 15 is 0 Å². The molecule has 8 heteroatoms. The average Bonchev–Trinajstić information content (AvgIpc) is 3.38. The number of phenolic OH excluding ortho intramolecular Hbond substituents is 1. The van der Waals surface area contributed by atoms with Crippen LogP contribution >= 0.6 is 0 Å². The number of aliphatic hydroxyl groups is 1. The van der Waals surface area contributed by atoms with Crippen molar-refractivity contribution in [2.75, 3.05) is 19.8 Å². The first kappa shape index (κ1) is 21.8. The molecule has 0 saturated carbocycles. The second kappa shape index (κ2) is 9.00. The lowest BCUT2D eigenvalue weighted by molar-refractivity contribution is -0.140. The van der Waals surface area contributed by atoms with Gasteiger partial charge in [-0.05, 0) is 61.7 Å². The molecule has 168 valence electrons. The number of aromatic hydroxyl groups is 1. The summed E-state index contributed by atoms with van der Waals surface area (Å²) in [6.07, 6.45) is 1.40. The van der Waals surface area contributed by atoms with Crippen LogP contribution in [0.3, 0.4) is 0 Å². The Balaban J connectivity index is 1.84. The topological polar surface area (TPSA) is 96.3 Å². The van der Waals surface area contributed by atoms with Gasteiger partial charge >= 0.3 is 0 Å². The molecule has 2 fully saturated rings. The lowest BCUT2D eigenvalue weighted by Crippen LogP contribution is -2.36. The monoisotopic (exact) mass is 441 g/mol. The third kappa shape index (κ3) is 4.05. The highest BCUT2D eigenvalue weighted by molar-refractivity contribution is 6.46. The van der Waals surface area contributed by atoms with Gasteiger partial charge in [-0.25, -0.2) is 4.39 Å². The van der Waals surface area contributed by atoms with Gasteiger partial charge < -0.3 is 24.6 Å². The van der Waals surface area contributed by atoms with Crippen LogP contribution in [0.15, 0.2) is 48.0 Å². The number of carbonyl (C=O) groups is 2. The molecule has 2 aromatic carbocycles. The van der Waals surface area contributed by atoms with Crippen molar-refractivity contribution in [2.24, 2.45) is 0 Å². The van der Waals surface area contributed by atoms with Crippen molar-refractivity contribution in [3.05, 3.63) is 65.0 Å². The zero-order valence-corrected chi connectivity index (χ0v) is 17.6. The third-order valence-corrected chi connectivity index (χ3v) is 5.68. The number of carbonyl (C=O) groups excluding carboxylic acids is 2. The van der Waals surface area contributed by atoms with Crippen LogP contribution in [0.2, 0.25) is 0 Å². The lowest BCUT2D eigenvalue weighted by Gasteiger charge is -2.27. The number of likely N-dealkylation sites (tertiary alicyclic amines) is 1. The zero-order valence-electron chi connectivity index (χ0n) is 17.6. The van der Waals surface area contributed by atoms with Crippen molar-refractivity contribution < 1.29 is 33.7 Å². The maximum atomic E-state index is 13.4. The summed E-state index contributed by atoms with van der Waals surface area (Å²) in [7, 11) is 0. The van der Waals surface area contributed by atoms with Crippen LogP contribution in [0.5, 0.6) is 11.5 Å². The van der Waals surface area contributed by atoms with E-state index in [1.807, 2.05) is 0 Å². The average molecular weight is 441 g/mol. The fourth-order valence-electron chi connectivity index (χ4n) is 4.16. The second-order valence-corrected chi connectivity index (χ2v) is 7.75. The number of halogens is 1. The molecule has 0 radical (unpaired) electrons. The van der Waals surface area contributed by atoms with Gasteiger partial charge in [-0.3, -0.25) is 9.59 Å². The molecular formula is C24H24FNO6. The Morgan fingerprint density at radius 3 is 2.62 bits per heavy atom. The van der Waals surface area contributed by atoms with Crippen LogP contribution in [-0.4, -0.2) is 52.7 Å². The number of Topliss-reactive ketones (excluding diaryl/α,β-unsaturated/α-hetero) is 1. The molecule has 1 amide bonds. The molecule has 2 aliphatic heterocycles. The number of nitrogens with zero attached hydrogens (tertiary/aromatic N) is 1. The number of hydrogen-bond acceptors (Lipinski definition) is 6. The van der Waals surface area contributed by atoms with Crippen LogP contribution < -0.4 is 4.74 Å². The van der Waals surface area contributed by atoms with E-state index in [2.05, 4.69) is 0 Å².